The highest BCUT2D eigenvalue weighted by Crippen LogP contribution is 2.38. The number of nitrogens with one attached hydrogen (secondary N) is 1. The van der Waals surface area contributed by atoms with Gasteiger partial charge in [0.1, 0.15) is 5.01 Å². The molecule has 3 nitrogen and oxygen atoms in total. The molecule has 3 rings (SSSR count). The Labute approximate surface area is 131 Å². The van der Waals surface area contributed by atoms with Crippen molar-refractivity contribution in [1.82, 2.24) is 15.3 Å². The van der Waals surface area contributed by atoms with Crippen LogP contribution in [0.4, 0.5) is 13.2 Å². The van der Waals surface area contributed by atoms with Crippen LogP contribution in [0.25, 0.3) is 10.6 Å². The second kappa shape index (κ2) is 5.66. The molecule has 0 amide bonds. The molecule has 0 atom stereocenters. The summed E-state index contributed by atoms with van der Waals surface area (Å²) < 4.78 is 40.0. The molecule has 1 N–H and O–H groups in total. The zero-order valence-electron chi connectivity index (χ0n) is 10.7. The minimum atomic E-state index is -4.44. The van der Waals surface area contributed by atoms with E-state index in [4.69, 9.17) is 0 Å². The molecule has 8 heteroatoms. The van der Waals surface area contributed by atoms with E-state index in [9.17, 15) is 13.2 Å². The van der Waals surface area contributed by atoms with Gasteiger partial charge in [-0.3, -0.25) is 4.98 Å². The monoisotopic (exact) mass is 377 g/mol. The van der Waals surface area contributed by atoms with Gasteiger partial charge in [-0.2, -0.15) is 13.2 Å². The van der Waals surface area contributed by atoms with E-state index < -0.39 is 11.9 Å². The Hall–Kier alpha value is -0.990. The normalized spacial score (nSPS) is 15.4. The highest BCUT2D eigenvalue weighted by molar-refractivity contribution is 9.10. The van der Waals surface area contributed by atoms with Crippen molar-refractivity contribution in [1.29, 1.82) is 0 Å². The smallest absolute Gasteiger partial charge is 0.309 e. The molecule has 2 aromatic heterocycles. The van der Waals surface area contributed by atoms with Crippen molar-refractivity contribution in [2.24, 2.45) is 0 Å². The summed E-state index contributed by atoms with van der Waals surface area (Å²) in [6.07, 6.45) is 0.721. The number of nitrogens with zero attached hydrogens (tertiary/aromatic N) is 2. The largest absolute Gasteiger partial charge is 0.434 e. The van der Waals surface area contributed by atoms with E-state index in [0.29, 0.717) is 21.1 Å². The summed E-state index contributed by atoms with van der Waals surface area (Å²) in [4.78, 5) is 7.98. The molecule has 0 aliphatic heterocycles. The summed E-state index contributed by atoms with van der Waals surface area (Å²) in [5, 5.41) is 3.44. The Morgan fingerprint density at radius 2 is 2.10 bits per heavy atom. The van der Waals surface area contributed by atoms with E-state index in [1.54, 1.807) is 12.3 Å². The summed E-state index contributed by atoms with van der Waals surface area (Å²) in [7, 11) is 0. The molecule has 0 aromatic carbocycles. The lowest BCUT2D eigenvalue weighted by Crippen LogP contribution is -2.18. The van der Waals surface area contributed by atoms with E-state index >= 15 is 0 Å². The molecule has 1 fully saturated rings. The van der Waals surface area contributed by atoms with Gasteiger partial charge in [-0.1, -0.05) is 0 Å². The molecule has 1 saturated carbocycles. The second-order valence-electron chi connectivity index (χ2n) is 4.84. The molecular weight excluding hydrogens is 367 g/mol. The lowest BCUT2D eigenvalue weighted by molar-refractivity contribution is -0.141. The fourth-order valence-corrected chi connectivity index (χ4v) is 3.25. The lowest BCUT2D eigenvalue weighted by Gasteiger charge is -2.06. The number of hydrogen-bond donors (Lipinski definition) is 1. The van der Waals surface area contributed by atoms with Crippen molar-refractivity contribution < 1.29 is 13.2 Å². The maximum Gasteiger partial charge on any atom is 0.434 e. The molecule has 2 aromatic rings. The summed E-state index contributed by atoms with van der Waals surface area (Å²) >= 11 is 4.33. The van der Waals surface area contributed by atoms with Gasteiger partial charge < -0.3 is 5.32 Å². The van der Waals surface area contributed by atoms with Crippen molar-refractivity contribution in [3.8, 4) is 10.6 Å². The fraction of sp³-hybridized carbons (Fsp3) is 0.385. The van der Waals surface area contributed by atoms with E-state index in [1.165, 1.54) is 6.20 Å². The highest BCUT2D eigenvalue weighted by Gasteiger charge is 2.37. The Balaban J connectivity index is 1.94. The average molecular weight is 378 g/mol. The summed E-state index contributed by atoms with van der Waals surface area (Å²) in [5.74, 6) is 0. The lowest BCUT2D eigenvalue weighted by atomic mass is 10.3. The SMILES string of the molecule is FC(F)(F)c1nc(-c2cncc(Br)c2)sc1CNC1CC1. The van der Waals surface area contributed by atoms with Crippen LogP contribution in [0.2, 0.25) is 0 Å². The summed E-state index contributed by atoms with van der Waals surface area (Å²) in [6.45, 7) is 0.207. The topological polar surface area (TPSA) is 37.8 Å². The van der Waals surface area contributed by atoms with Crippen LogP contribution in [0.15, 0.2) is 22.9 Å². The number of alkyl halides is 3. The van der Waals surface area contributed by atoms with Crippen molar-refractivity contribution in [3.63, 3.8) is 0 Å². The molecule has 0 bridgehead atoms. The van der Waals surface area contributed by atoms with Gasteiger partial charge in [-0.25, -0.2) is 4.98 Å². The molecule has 0 saturated heterocycles. The van der Waals surface area contributed by atoms with Crippen molar-refractivity contribution >= 4 is 27.3 Å². The minimum Gasteiger partial charge on any atom is -0.309 e. The highest BCUT2D eigenvalue weighted by atomic mass is 79.9. The third kappa shape index (κ3) is 3.61. The maximum atomic E-state index is 13.1. The number of pyridine rings is 1. The quantitative estimate of drug-likeness (QED) is 0.865. The number of aromatic nitrogens is 2. The molecule has 112 valence electrons. The molecule has 0 spiro atoms. The molecule has 21 heavy (non-hydrogen) atoms. The fourth-order valence-electron chi connectivity index (χ4n) is 1.87. The first-order chi connectivity index (χ1) is 9.93. The molecule has 1 aliphatic carbocycles. The van der Waals surface area contributed by atoms with Gasteiger partial charge in [-0.05, 0) is 34.8 Å². The zero-order valence-corrected chi connectivity index (χ0v) is 13.1. The Morgan fingerprint density at radius 3 is 2.71 bits per heavy atom. The Kier molecular flexibility index (Phi) is 4.02. The third-order valence-electron chi connectivity index (χ3n) is 3.05. The van der Waals surface area contributed by atoms with Gasteiger partial charge in [0.25, 0.3) is 0 Å². The molecule has 0 radical (unpaired) electrons. The van der Waals surface area contributed by atoms with Crippen LogP contribution < -0.4 is 5.32 Å². The van der Waals surface area contributed by atoms with E-state index in [2.05, 4.69) is 31.2 Å². The maximum absolute atomic E-state index is 13.1. The van der Waals surface area contributed by atoms with Crippen LogP contribution in [0.5, 0.6) is 0 Å². The van der Waals surface area contributed by atoms with Gasteiger partial charge in [-0.15, -0.1) is 11.3 Å². The third-order valence-corrected chi connectivity index (χ3v) is 4.58. The van der Waals surface area contributed by atoms with Crippen LogP contribution in [0.1, 0.15) is 23.4 Å². The van der Waals surface area contributed by atoms with Crippen LogP contribution >= 0.6 is 27.3 Å². The number of rotatable bonds is 4. The Morgan fingerprint density at radius 1 is 1.33 bits per heavy atom. The van der Waals surface area contributed by atoms with Crippen LogP contribution in [0.3, 0.4) is 0 Å². The van der Waals surface area contributed by atoms with Gasteiger partial charge in [0.2, 0.25) is 0 Å². The first-order valence-corrected chi connectivity index (χ1v) is 7.95. The second-order valence-corrected chi connectivity index (χ2v) is 6.83. The van der Waals surface area contributed by atoms with Gasteiger partial charge in [0, 0.05) is 35.0 Å². The molecule has 0 unspecified atom stereocenters. The zero-order chi connectivity index (χ0) is 15.0. The van der Waals surface area contributed by atoms with Crippen LogP contribution in [-0.2, 0) is 12.7 Å². The average Bonchev–Trinajstić information content (AvgIpc) is 3.13. The first-order valence-electron chi connectivity index (χ1n) is 6.34. The summed E-state index contributed by atoms with van der Waals surface area (Å²) in [6, 6.07) is 2.06. The number of hydrogen-bond acceptors (Lipinski definition) is 4. The van der Waals surface area contributed by atoms with E-state index in [1.807, 2.05) is 0 Å². The van der Waals surface area contributed by atoms with Gasteiger partial charge in [0.05, 0.1) is 4.88 Å². The number of thiazole rings is 1. The number of halogens is 4. The standard InChI is InChI=1S/C13H11BrF3N3S/c14-8-3-7(4-18-5-8)12-20-11(13(15,16)17)10(21-12)6-19-9-1-2-9/h3-5,9,19H,1-2,6H2. The molecule has 2 heterocycles. The van der Waals surface area contributed by atoms with Gasteiger partial charge >= 0.3 is 6.18 Å². The van der Waals surface area contributed by atoms with Crippen LogP contribution in [-0.4, -0.2) is 16.0 Å². The van der Waals surface area contributed by atoms with Gasteiger partial charge in [0.15, 0.2) is 5.69 Å². The van der Waals surface area contributed by atoms with E-state index in [-0.39, 0.29) is 11.4 Å². The van der Waals surface area contributed by atoms with Crippen LogP contribution in [0, 0.1) is 0 Å². The van der Waals surface area contributed by atoms with Crippen molar-refractivity contribution in [3.05, 3.63) is 33.5 Å². The Bertz CT molecular complexity index is 652. The van der Waals surface area contributed by atoms with Crippen molar-refractivity contribution in [2.75, 3.05) is 0 Å². The van der Waals surface area contributed by atoms with Crippen molar-refractivity contribution in [2.45, 2.75) is 31.6 Å². The molecular formula is C13H11BrF3N3S. The first kappa shape index (κ1) is 14.9. The molecule has 1 aliphatic rings. The predicted octanol–water partition coefficient (Wildman–Crippen LogP) is 4.24. The van der Waals surface area contributed by atoms with E-state index in [0.717, 1.165) is 24.2 Å². The minimum absolute atomic E-state index is 0.207. The predicted molar refractivity (Wildman–Crippen MR) is 77.9 cm³/mol. The summed E-state index contributed by atoms with van der Waals surface area (Å²) in [5.41, 5.74) is -0.215.